The summed E-state index contributed by atoms with van der Waals surface area (Å²) in [6, 6.07) is 7.66. The average Bonchev–Trinajstić information content (AvgIpc) is 3.36. The van der Waals surface area contributed by atoms with Crippen molar-refractivity contribution in [2.24, 2.45) is 0 Å². The predicted molar refractivity (Wildman–Crippen MR) is 102 cm³/mol. The molecular formula is C17H21ClN8O. The Kier molecular flexibility index (Phi) is 5.82. The van der Waals surface area contributed by atoms with Gasteiger partial charge in [-0.25, -0.2) is 4.68 Å². The molecule has 142 valence electrons. The molecule has 1 saturated heterocycles. The minimum Gasteiger partial charge on any atom is -0.321 e. The lowest BCUT2D eigenvalue weighted by atomic mass is 10.1. The number of halogens is 1. The number of amides is 1. The number of aromatic nitrogens is 6. The molecule has 1 amide bonds. The van der Waals surface area contributed by atoms with Crippen LogP contribution in [0.2, 0.25) is 0 Å². The monoisotopic (exact) mass is 388 g/mol. The highest BCUT2D eigenvalue weighted by Crippen LogP contribution is 2.19. The first kappa shape index (κ1) is 19.0. The van der Waals surface area contributed by atoms with Gasteiger partial charge in [0.05, 0.1) is 11.7 Å². The fraction of sp³-hybridized carbons (Fsp3) is 0.353. The van der Waals surface area contributed by atoms with Crippen molar-refractivity contribution in [1.29, 1.82) is 0 Å². The first-order valence-electron chi connectivity index (χ1n) is 8.62. The molecule has 1 unspecified atom stereocenters. The molecule has 0 radical (unpaired) electrons. The summed E-state index contributed by atoms with van der Waals surface area (Å²) in [7, 11) is 0. The first-order valence-corrected chi connectivity index (χ1v) is 8.62. The van der Waals surface area contributed by atoms with Crippen molar-refractivity contribution in [3.8, 4) is 5.69 Å². The van der Waals surface area contributed by atoms with Gasteiger partial charge in [-0.1, -0.05) is 6.07 Å². The summed E-state index contributed by atoms with van der Waals surface area (Å²) >= 11 is 0. The Bertz CT molecular complexity index is 902. The fourth-order valence-electron chi connectivity index (χ4n) is 3.12. The number of rotatable bonds is 4. The van der Waals surface area contributed by atoms with E-state index in [9.17, 15) is 4.79 Å². The van der Waals surface area contributed by atoms with Crippen LogP contribution in [0.1, 0.15) is 34.9 Å². The van der Waals surface area contributed by atoms with Crippen molar-refractivity contribution in [2.75, 3.05) is 18.4 Å². The summed E-state index contributed by atoms with van der Waals surface area (Å²) in [5, 5.41) is 21.9. The van der Waals surface area contributed by atoms with Crippen LogP contribution >= 0.6 is 12.4 Å². The van der Waals surface area contributed by atoms with Crippen LogP contribution < -0.4 is 10.6 Å². The summed E-state index contributed by atoms with van der Waals surface area (Å²) in [5.74, 6) is -0.237. The Labute approximate surface area is 162 Å². The Morgan fingerprint density at radius 1 is 1.33 bits per heavy atom. The molecule has 1 fully saturated rings. The molecule has 1 atom stereocenters. The zero-order valence-corrected chi connectivity index (χ0v) is 15.7. The van der Waals surface area contributed by atoms with E-state index in [-0.39, 0.29) is 18.3 Å². The van der Waals surface area contributed by atoms with Crippen LogP contribution in [-0.4, -0.2) is 49.0 Å². The van der Waals surface area contributed by atoms with Gasteiger partial charge in [-0.05, 0) is 60.5 Å². The predicted octanol–water partition coefficient (Wildman–Crippen LogP) is 1.77. The van der Waals surface area contributed by atoms with Crippen LogP contribution in [0.4, 0.5) is 5.69 Å². The number of tetrazole rings is 1. The highest BCUT2D eigenvalue weighted by molar-refractivity contribution is 6.02. The molecule has 1 aliphatic heterocycles. The molecule has 0 saturated carbocycles. The number of hydrogen-bond donors (Lipinski definition) is 2. The zero-order chi connectivity index (χ0) is 17.9. The van der Waals surface area contributed by atoms with E-state index >= 15 is 0 Å². The van der Waals surface area contributed by atoms with Gasteiger partial charge in [0.1, 0.15) is 6.33 Å². The topological polar surface area (TPSA) is 103 Å². The Hall–Kier alpha value is -2.78. The number of nitrogens with zero attached hydrogens (tertiary/aromatic N) is 6. The average molecular weight is 389 g/mol. The second-order valence-electron chi connectivity index (χ2n) is 6.39. The van der Waals surface area contributed by atoms with Gasteiger partial charge in [-0.2, -0.15) is 5.10 Å². The van der Waals surface area contributed by atoms with E-state index in [0.29, 0.717) is 17.4 Å². The smallest absolute Gasteiger partial charge is 0.276 e. The molecule has 10 heteroatoms. The number of benzene rings is 1. The highest BCUT2D eigenvalue weighted by Gasteiger charge is 2.18. The largest absolute Gasteiger partial charge is 0.321 e. The van der Waals surface area contributed by atoms with Gasteiger partial charge in [0, 0.05) is 18.4 Å². The van der Waals surface area contributed by atoms with E-state index in [1.54, 1.807) is 10.7 Å². The lowest BCUT2D eigenvalue weighted by Crippen LogP contribution is -2.32. The maximum absolute atomic E-state index is 12.5. The van der Waals surface area contributed by atoms with E-state index in [1.165, 1.54) is 6.33 Å². The van der Waals surface area contributed by atoms with Crippen LogP contribution in [0.3, 0.4) is 0 Å². The van der Waals surface area contributed by atoms with E-state index < -0.39 is 0 Å². The van der Waals surface area contributed by atoms with Gasteiger partial charge in [0.2, 0.25) is 0 Å². The Balaban J connectivity index is 0.00000210. The molecule has 27 heavy (non-hydrogen) atoms. The molecule has 0 spiro atoms. The summed E-state index contributed by atoms with van der Waals surface area (Å²) in [6.45, 7) is 3.89. The van der Waals surface area contributed by atoms with Crippen molar-refractivity contribution in [3.05, 3.63) is 48.0 Å². The fourth-order valence-corrected chi connectivity index (χ4v) is 3.12. The standard InChI is InChI=1S/C17H20N8O.ClH/c1-12-4-5-13(9-16(12)25-11-19-22-23-25)20-17(26)15-6-8-24(21-15)14-3-2-7-18-10-14;/h4-6,8-9,11,14,18H,2-3,7,10H2,1H3,(H,20,26);1H. The number of piperidine rings is 1. The SMILES string of the molecule is Cc1ccc(NC(=O)c2ccn(C3CCCNC3)n2)cc1-n1cnnn1.Cl. The van der Waals surface area contributed by atoms with Crippen LogP contribution in [0.5, 0.6) is 0 Å². The maximum Gasteiger partial charge on any atom is 0.276 e. The number of carbonyl (C=O) groups excluding carboxylic acids is 1. The van der Waals surface area contributed by atoms with Gasteiger partial charge in [0.25, 0.3) is 5.91 Å². The highest BCUT2D eigenvalue weighted by atomic mass is 35.5. The number of carbonyl (C=O) groups is 1. The summed E-state index contributed by atoms with van der Waals surface area (Å²) in [6.07, 6.45) is 5.58. The van der Waals surface area contributed by atoms with Gasteiger partial charge in [-0.3, -0.25) is 9.48 Å². The molecule has 2 N–H and O–H groups in total. The van der Waals surface area contributed by atoms with E-state index in [4.69, 9.17) is 0 Å². The van der Waals surface area contributed by atoms with Gasteiger partial charge >= 0.3 is 0 Å². The molecule has 0 bridgehead atoms. The summed E-state index contributed by atoms with van der Waals surface area (Å²) in [4.78, 5) is 12.5. The third kappa shape index (κ3) is 4.15. The normalized spacial score (nSPS) is 16.6. The third-order valence-electron chi connectivity index (χ3n) is 4.55. The molecule has 3 aromatic rings. The number of hydrogen-bond acceptors (Lipinski definition) is 6. The van der Waals surface area contributed by atoms with Crippen molar-refractivity contribution >= 4 is 24.0 Å². The van der Waals surface area contributed by atoms with Crippen molar-refractivity contribution < 1.29 is 4.79 Å². The zero-order valence-electron chi connectivity index (χ0n) is 14.9. The molecular weight excluding hydrogens is 368 g/mol. The molecule has 2 aromatic heterocycles. The summed E-state index contributed by atoms with van der Waals surface area (Å²) < 4.78 is 3.44. The van der Waals surface area contributed by atoms with Crippen LogP contribution in [0.25, 0.3) is 5.69 Å². The van der Waals surface area contributed by atoms with Crippen molar-refractivity contribution in [3.63, 3.8) is 0 Å². The molecule has 4 rings (SSSR count). The Morgan fingerprint density at radius 2 is 2.22 bits per heavy atom. The van der Waals surface area contributed by atoms with E-state index in [2.05, 4.69) is 31.3 Å². The number of nitrogens with one attached hydrogen (secondary N) is 2. The lowest BCUT2D eigenvalue weighted by Gasteiger charge is -2.22. The minimum absolute atomic E-state index is 0. The van der Waals surface area contributed by atoms with Crippen LogP contribution in [-0.2, 0) is 0 Å². The quantitative estimate of drug-likeness (QED) is 0.706. The minimum atomic E-state index is -0.237. The van der Waals surface area contributed by atoms with Crippen LogP contribution in [0.15, 0.2) is 36.8 Å². The maximum atomic E-state index is 12.5. The second kappa shape index (κ2) is 8.28. The molecule has 1 aromatic carbocycles. The lowest BCUT2D eigenvalue weighted by molar-refractivity contribution is 0.102. The van der Waals surface area contributed by atoms with Gasteiger partial charge in [0.15, 0.2) is 5.69 Å². The molecule has 9 nitrogen and oxygen atoms in total. The molecule has 3 heterocycles. The number of anilines is 1. The van der Waals surface area contributed by atoms with E-state index in [0.717, 1.165) is 37.2 Å². The van der Waals surface area contributed by atoms with Crippen molar-refractivity contribution in [1.82, 2.24) is 35.3 Å². The van der Waals surface area contributed by atoms with E-state index in [1.807, 2.05) is 36.0 Å². The van der Waals surface area contributed by atoms with Crippen LogP contribution in [0, 0.1) is 6.92 Å². The second-order valence-corrected chi connectivity index (χ2v) is 6.39. The first-order chi connectivity index (χ1) is 12.7. The van der Waals surface area contributed by atoms with Crippen molar-refractivity contribution in [2.45, 2.75) is 25.8 Å². The summed E-state index contributed by atoms with van der Waals surface area (Å²) in [5.41, 5.74) is 2.89. The van der Waals surface area contributed by atoms with Gasteiger partial charge < -0.3 is 10.6 Å². The van der Waals surface area contributed by atoms with Gasteiger partial charge in [-0.15, -0.1) is 17.5 Å². The Morgan fingerprint density at radius 3 is 2.96 bits per heavy atom. The molecule has 0 aliphatic carbocycles. The molecule has 1 aliphatic rings. The number of aryl methyl sites for hydroxylation is 1. The third-order valence-corrected chi connectivity index (χ3v) is 4.55.